The van der Waals surface area contributed by atoms with Gasteiger partial charge in [-0.3, -0.25) is 0 Å². The number of nitrogens with zero attached hydrogens (tertiary/aromatic N) is 1. The molecule has 0 aromatic carbocycles. The van der Waals surface area contributed by atoms with Crippen LogP contribution in [0.5, 0.6) is 0 Å². The van der Waals surface area contributed by atoms with E-state index in [0.29, 0.717) is 12.1 Å². The van der Waals surface area contributed by atoms with Crippen molar-refractivity contribution in [2.75, 3.05) is 34.4 Å². The molecule has 0 aromatic heterocycles. The molecule has 1 rings (SSSR count). The molecule has 0 amide bonds. The second-order valence-corrected chi connectivity index (χ2v) is 5.77. The summed E-state index contributed by atoms with van der Waals surface area (Å²) in [6.07, 6.45) is 3.79. The van der Waals surface area contributed by atoms with Crippen molar-refractivity contribution in [2.45, 2.75) is 45.2 Å². The van der Waals surface area contributed by atoms with E-state index in [1.807, 2.05) is 0 Å². The maximum absolute atomic E-state index is 5.13. The molecule has 4 atom stereocenters. The molecule has 1 saturated carbocycles. The van der Waals surface area contributed by atoms with Crippen molar-refractivity contribution >= 4 is 0 Å². The molecule has 0 heterocycles. The third-order valence-corrected chi connectivity index (χ3v) is 4.16. The number of nitrogens with one attached hydrogen (secondary N) is 1. The van der Waals surface area contributed by atoms with Gasteiger partial charge >= 0.3 is 0 Å². The van der Waals surface area contributed by atoms with Gasteiger partial charge in [-0.1, -0.05) is 13.8 Å². The lowest BCUT2D eigenvalue weighted by atomic mass is 9.76. The van der Waals surface area contributed by atoms with Gasteiger partial charge in [0.2, 0.25) is 0 Å². The van der Waals surface area contributed by atoms with E-state index in [2.05, 4.69) is 38.2 Å². The Balaban J connectivity index is 2.52. The van der Waals surface area contributed by atoms with E-state index < -0.39 is 0 Å². The van der Waals surface area contributed by atoms with E-state index in [1.54, 1.807) is 7.11 Å². The first-order valence-electron chi connectivity index (χ1n) is 6.96. The Bertz CT molecular complexity index is 210. The predicted molar refractivity (Wildman–Crippen MR) is 73.3 cm³/mol. The monoisotopic (exact) mass is 242 g/mol. The second-order valence-electron chi connectivity index (χ2n) is 5.77. The molecule has 17 heavy (non-hydrogen) atoms. The van der Waals surface area contributed by atoms with E-state index in [4.69, 9.17) is 4.74 Å². The van der Waals surface area contributed by atoms with Crippen LogP contribution in [0.1, 0.15) is 33.1 Å². The van der Waals surface area contributed by atoms with Crippen LogP contribution < -0.4 is 5.32 Å². The normalized spacial score (nSPS) is 34.2. The van der Waals surface area contributed by atoms with E-state index in [0.717, 1.165) is 31.4 Å². The van der Waals surface area contributed by atoms with Crippen LogP contribution in [0.2, 0.25) is 0 Å². The first-order chi connectivity index (χ1) is 8.10. The summed E-state index contributed by atoms with van der Waals surface area (Å²) in [4.78, 5) is 2.52. The van der Waals surface area contributed by atoms with Gasteiger partial charge in [0.1, 0.15) is 0 Å². The molecule has 0 bridgehead atoms. The third-order valence-electron chi connectivity index (χ3n) is 4.16. The quantitative estimate of drug-likeness (QED) is 0.721. The highest BCUT2D eigenvalue weighted by molar-refractivity contribution is 4.92. The molecule has 3 heteroatoms. The number of ether oxygens (including phenoxy) is 1. The Morgan fingerprint density at radius 2 is 2.00 bits per heavy atom. The van der Waals surface area contributed by atoms with Gasteiger partial charge < -0.3 is 15.0 Å². The fraction of sp³-hybridized carbons (Fsp3) is 1.00. The lowest BCUT2D eigenvalue weighted by Gasteiger charge is -2.44. The molecule has 102 valence electrons. The summed E-state index contributed by atoms with van der Waals surface area (Å²) in [5, 5.41) is 3.51. The molecule has 1 fully saturated rings. The van der Waals surface area contributed by atoms with E-state index in [9.17, 15) is 0 Å². The Labute approximate surface area is 107 Å². The standard InChI is InChI=1S/C14H30N2O/c1-11-9-12(2)14(13(10-11)15-3)16(4)7-6-8-17-5/h11-15H,6-10H2,1-5H3. The fourth-order valence-corrected chi connectivity index (χ4v) is 3.48. The summed E-state index contributed by atoms with van der Waals surface area (Å²) in [5.41, 5.74) is 0. The number of likely N-dealkylation sites (N-methyl/N-ethyl adjacent to an activating group) is 2. The van der Waals surface area contributed by atoms with Crippen LogP contribution in [0, 0.1) is 11.8 Å². The summed E-state index contributed by atoms with van der Waals surface area (Å²) < 4.78 is 5.13. The van der Waals surface area contributed by atoms with Crippen LogP contribution >= 0.6 is 0 Å². The molecule has 1 aliphatic rings. The third kappa shape index (κ3) is 4.23. The van der Waals surface area contributed by atoms with Crippen LogP contribution in [0.25, 0.3) is 0 Å². The molecule has 1 aliphatic carbocycles. The molecule has 0 saturated heterocycles. The van der Waals surface area contributed by atoms with Crippen molar-refractivity contribution in [3.8, 4) is 0 Å². The predicted octanol–water partition coefficient (Wildman–Crippen LogP) is 1.98. The van der Waals surface area contributed by atoms with Gasteiger partial charge in [-0.05, 0) is 45.2 Å². The lowest BCUT2D eigenvalue weighted by Crippen LogP contribution is -2.54. The smallest absolute Gasteiger partial charge is 0.0474 e. The number of hydrogen-bond donors (Lipinski definition) is 1. The van der Waals surface area contributed by atoms with Gasteiger partial charge in [0.05, 0.1) is 0 Å². The zero-order chi connectivity index (χ0) is 12.8. The molecule has 0 spiro atoms. The molecular weight excluding hydrogens is 212 g/mol. The second kappa shape index (κ2) is 7.34. The Kier molecular flexibility index (Phi) is 6.45. The molecule has 1 N–H and O–H groups in total. The highest BCUT2D eigenvalue weighted by Crippen LogP contribution is 2.31. The first kappa shape index (κ1) is 14.9. The van der Waals surface area contributed by atoms with Crippen molar-refractivity contribution in [3.63, 3.8) is 0 Å². The van der Waals surface area contributed by atoms with Crippen molar-refractivity contribution in [1.82, 2.24) is 10.2 Å². The van der Waals surface area contributed by atoms with Crippen LogP contribution in [0.4, 0.5) is 0 Å². The van der Waals surface area contributed by atoms with Gasteiger partial charge in [0.15, 0.2) is 0 Å². The van der Waals surface area contributed by atoms with E-state index >= 15 is 0 Å². The van der Waals surface area contributed by atoms with Gasteiger partial charge in [-0.15, -0.1) is 0 Å². The van der Waals surface area contributed by atoms with Gasteiger partial charge in [0.25, 0.3) is 0 Å². The number of hydrogen-bond acceptors (Lipinski definition) is 3. The molecule has 0 radical (unpaired) electrons. The van der Waals surface area contributed by atoms with Crippen molar-refractivity contribution in [1.29, 1.82) is 0 Å². The van der Waals surface area contributed by atoms with Crippen LogP contribution in [-0.2, 0) is 4.74 Å². The van der Waals surface area contributed by atoms with Crippen molar-refractivity contribution in [2.24, 2.45) is 11.8 Å². The van der Waals surface area contributed by atoms with Gasteiger partial charge in [0, 0.05) is 32.3 Å². The average molecular weight is 242 g/mol. The van der Waals surface area contributed by atoms with Gasteiger partial charge in [-0.2, -0.15) is 0 Å². The average Bonchev–Trinajstić information content (AvgIpc) is 2.27. The van der Waals surface area contributed by atoms with E-state index in [-0.39, 0.29) is 0 Å². The Morgan fingerprint density at radius 3 is 2.59 bits per heavy atom. The minimum atomic E-state index is 0.640. The molecule has 0 aliphatic heterocycles. The number of methoxy groups -OCH3 is 1. The summed E-state index contributed by atoms with van der Waals surface area (Å²) in [6, 6.07) is 1.31. The summed E-state index contributed by atoms with van der Waals surface area (Å²) in [6.45, 7) is 6.78. The lowest BCUT2D eigenvalue weighted by molar-refractivity contribution is 0.0754. The summed E-state index contributed by atoms with van der Waals surface area (Å²) >= 11 is 0. The summed E-state index contributed by atoms with van der Waals surface area (Å²) in [7, 11) is 6.14. The summed E-state index contributed by atoms with van der Waals surface area (Å²) in [5.74, 6) is 1.63. The highest BCUT2D eigenvalue weighted by atomic mass is 16.5. The zero-order valence-corrected chi connectivity index (χ0v) is 12.2. The molecule has 0 aromatic rings. The fourth-order valence-electron chi connectivity index (χ4n) is 3.48. The minimum Gasteiger partial charge on any atom is -0.385 e. The van der Waals surface area contributed by atoms with Gasteiger partial charge in [-0.25, -0.2) is 0 Å². The Morgan fingerprint density at radius 1 is 1.29 bits per heavy atom. The maximum Gasteiger partial charge on any atom is 0.0474 e. The van der Waals surface area contributed by atoms with Crippen LogP contribution in [-0.4, -0.2) is 51.3 Å². The maximum atomic E-state index is 5.13. The topological polar surface area (TPSA) is 24.5 Å². The van der Waals surface area contributed by atoms with E-state index in [1.165, 1.54) is 12.8 Å². The minimum absolute atomic E-state index is 0.640. The number of rotatable bonds is 6. The van der Waals surface area contributed by atoms with Crippen molar-refractivity contribution < 1.29 is 4.74 Å². The highest BCUT2D eigenvalue weighted by Gasteiger charge is 2.35. The van der Waals surface area contributed by atoms with Crippen LogP contribution in [0.15, 0.2) is 0 Å². The molecule has 4 unspecified atom stereocenters. The zero-order valence-electron chi connectivity index (χ0n) is 12.2. The molecule has 3 nitrogen and oxygen atoms in total. The van der Waals surface area contributed by atoms with Crippen molar-refractivity contribution in [3.05, 3.63) is 0 Å². The van der Waals surface area contributed by atoms with Crippen LogP contribution in [0.3, 0.4) is 0 Å². The SMILES string of the molecule is CNC1CC(C)CC(C)C1N(C)CCCOC. The first-order valence-corrected chi connectivity index (χ1v) is 6.96. The largest absolute Gasteiger partial charge is 0.385 e. The Hall–Kier alpha value is -0.120. The molecular formula is C14H30N2O.